The van der Waals surface area contributed by atoms with Crippen molar-refractivity contribution in [3.8, 4) is 0 Å². The Kier molecular flexibility index (Phi) is 3.71. The molecule has 0 bridgehead atoms. The number of rotatable bonds is 0. The Balaban J connectivity index is 0.00000132. The highest BCUT2D eigenvalue weighted by Crippen LogP contribution is 2.47. The number of benzene rings is 2. The van der Waals surface area contributed by atoms with E-state index in [0.717, 1.165) is 6.54 Å². The molecule has 0 amide bonds. The van der Waals surface area contributed by atoms with Crippen LogP contribution in [-0.2, 0) is 0 Å². The van der Waals surface area contributed by atoms with Gasteiger partial charge in [0.25, 0.3) is 0 Å². The van der Waals surface area contributed by atoms with Gasteiger partial charge in [-0.3, -0.25) is 4.99 Å². The van der Waals surface area contributed by atoms with Crippen molar-refractivity contribution >= 4 is 40.4 Å². The predicted octanol–water partition coefficient (Wildman–Crippen LogP) is 3.91. The van der Waals surface area contributed by atoms with Crippen LogP contribution >= 0.6 is 28.7 Å². The zero-order valence-corrected chi connectivity index (χ0v) is 14.1. The summed E-state index contributed by atoms with van der Waals surface area (Å²) in [5, 5.41) is 0. The molecule has 0 saturated heterocycles. The molecular weight excluding hydrogens is 346 g/mol. The molecule has 2 aromatic rings. The van der Waals surface area contributed by atoms with Crippen molar-refractivity contribution < 1.29 is 0 Å². The van der Waals surface area contributed by atoms with Gasteiger partial charge < -0.3 is 10.6 Å². The molecule has 0 aromatic heterocycles. The minimum Gasteiger partial charge on any atom is -0.369 e. The number of hydrogen-bond donors (Lipinski definition) is 1. The van der Waals surface area contributed by atoms with E-state index in [2.05, 4.69) is 59.3 Å². The predicted molar refractivity (Wildman–Crippen MR) is 93.8 cm³/mol. The fraction of sp³-hybridized carbons (Fsp3) is 0.188. The first-order chi connectivity index (χ1) is 9.74. The van der Waals surface area contributed by atoms with E-state index in [9.17, 15) is 0 Å². The molecule has 2 aromatic carbocycles. The number of aryl methyl sites for hydroxylation is 1. The van der Waals surface area contributed by atoms with Crippen LogP contribution in [-0.4, -0.2) is 12.5 Å². The number of halogens is 1. The van der Waals surface area contributed by atoms with E-state index in [1.807, 2.05) is 11.8 Å². The lowest BCUT2D eigenvalue weighted by atomic mass is 10.1. The van der Waals surface area contributed by atoms with Crippen molar-refractivity contribution in [2.24, 2.45) is 10.7 Å². The maximum Gasteiger partial charge on any atom is 0.196 e. The van der Waals surface area contributed by atoms with Crippen molar-refractivity contribution in [3.63, 3.8) is 0 Å². The summed E-state index contributed by atoms with van der Waals surface area (Å²) in [7, 11) is 0. The maximum absolute atomic E-state index is 6.15. The highest BCUT2D eigenvalue weighted by molar-refractivity contribution is 8.93. The second-order valence-electron chi connectivity index (χ2n) is 5.20. The lowest BCUT2D eigenvalue weighted by Gasteiger charge is -2.26. The van der Waals surface area contributed by atoms with E-state index >= 15 is 0 Å². The van der Waals surface area contributed by atoms with Crippen molar-refractivity contribution in [2.75, 3.05) is 11.4 Å². The summed E-state index contributed by atoms with van der Waals surface area (Å²) in [4.78, 5) is 9.18. The summed E-state index contributed by atoms with van der Waals surface area (Å²) >= 11 is 1.82. The van der Waals surface area contributed by atoms with Gasteiger partial charge in [-0.25, -0.2) is 0 Å². The molecule has 2 aliphatic rings. The third-order valence-electron chi connectivity index (χ3n) is 3.86. The van der Waals surface area contributed by atoms with Gasteiger partial charge in [0.15, 0.2) is 5.96 Å². The van der Waals surface area contributed by atoms with Crippen LogP contribution in [0.3, 0.4) is 0 Å². The Morgan fingerprint density at radius 1 is 1.19 bits per heavy atom. The fourth-order valence-electron chi connectivity index (χ4n) is 2.90. The molecule has 4 rings (SSSR count). The molecule has 2 N–H and O–H groups in total. The first-order valence-electron chi connectivity index (χ1n) is 6.70. The van der Waals surface area contributed by atoms with Crippen LogP contribution in [0.1, 0.15) is 17.2 Å². The van der Waals surface area contributed by atoms with E-state index in [-0.39, 0.29) is 23.0 Å². The van der Waals surface area contributed by atoms with Gasteiger partial charge in [-0.1, -0.05) is 36.0 Å². The molecule has 0 saturated carbocycles. The Labute approximate surface area is 139 Å². The average Bonchev–Trinajstić information content (AvgIpc) is 2.76. The summed E-state index contributed by atoms with van der Waals surface area (Å²) in [5.41, 5.74) is 9.88. The smallest absolute Gasteiger partial charge is 0.196 e. The van der Waals surface area contributed by atoms with Crippen LogP contribution < -0.4 is 10.6 Å². The molecule has 1 unspecified atom stereocenters. The van der Waals surface area contributed by atoms with E-state index in [4.69, 9.17) is 5.73 Å². The lowest BCUT2D eigenvalue weighted by molar-refractivity contribution is 0.753. The Morgan fingerprint density at radius 2 is 2.00 bits per heavy atom. The van der Waals surface area contributed by atoms with Crippen LogP contribution in [0.15, 0.2) is 57.2 Å². The van der Waals surface area contributed by atoms with Crippen LogP contribution in [0.4, 0.5) is 5.69 Å². The van der Waals surface area contributed by atoms with Crippen molar-refractivity contribution in [2.45, 2.75) is 22.8 Å². The Morgan fingerprint density at radius 3 is 2.86 bits per heavy atom. The van der Waals surface area contributed by atoms with Gasteiger partial charge in [-0.05, 0) is 36.2 Å². The molecule has 0 radical (unpaired) electrons. The third-order valence-corrected chi connectivity index (χ3v) is 5.01. The monoisotopic (exact) mass is 361 g/mol. The van der Waals surface area contributed by atoms with Crippen LogP contribution in [0, 0.1) is 6.92 Å². The van der Waals surface area contributed by atoms with Gasteiger partial charge in [0.05, 0.1) is 18.3 Å². The average molecular weight is 362 g/mol. The number of guanidine groups is 1. The number of anilines is 1. The molecule has 21 heavy (non-hydrogen) atoms. The first kappa shape index (κ1) is 14.5. The number of nitrogens with two attached hydrogens (primary N) is 1. The summed E-state index contributed by atoms with van der Waals surface area (Å²) in [5.74, 6) is 0.624. The first-order valence-corrected chi connectivity index (χ1v) is 7.52. The highest BCUT2D eigenvalue weighted by atomic mass is 79.9. The Hall–Kier alpha value is -1.46. The molecule has 0 aliphatic carbocycles. The van der Waals surface area contributed by atoms with Crippen molar-refractivity contribution in [1.82, 2.24) is 0 Å². The number of aliphatic imine (C=N–C) groups is 1. The lowest BCUT2D eigenvalue weighted by Crippen LogP contribution is -2.36. The summed E-state index contributed by atoms with van der Waals surface area (Å²) < 4.78 is 0. The molecule has 0 fully saturated rings. The van der Waals surface area contributed by atoms with Gasteiger partial charge in [0, 0.05) is 9.79 Å². The van der Waals surface area contributed by atoms with E-state index in [0.29, 0.717) is 5.96 Å². The molecule has 2 heterocycles. The van der Waals surface area contributed by atoms with Crippen molar-refractivity contribution in [1.29, 1.82) is 0 Å². The Bertz CT molecular complexity index is 729. The molecule has 5 heteroatoms. The molecule has 1 atom stereocenters. The van der Waals surface area contributed by atoms with Gasteiger partial charge in [-0.2, -0.15) is 0 Å². The zero-order valence-electron chi connectivity index (χ0n) is 11.6. The van der Waals surface area contributed by atoms with Gasteiger partial charge in [0.1, 0.15) is 0 Å². The molecular formula is C16H16BrN3S. The zero-order chi connectivity index (χ0) is 13.7. The number of fused-ring (bicyclic) bond motifs is 5. The minimum atomic E-state index is 0. The summed E-state index contributed by atoms with van der Waals surface area (Å²) in [6.07, 6.45) is 0. The van der Waals surface area contributed by atoms with E-state index in [1.54, 1.807) is 0 Å². The van der Waals surface area contributed by atoms with Crippen LogP contribution in [0.5, 0.6) is 0 Å². The molecule has 0 spiro atoms. The second kappa shape index (κ2) is 5.39. The third kappa shape index (κ3) is 2.24. The quantitative estimate of drug-likeness (QED) is 0.773. The highest BCUT2D eigenvalue weighted by Gasteiger charge is 2.34. The maximum atomic E-state index is 6.15. The topological polar surface area (TPSA) is 41.6 Å². The normalized spacial score (nSPS) is 18.8. The summed E-state index contributed by atoms with van der Waals surface area (Å²) in [6.45, 7) is 2.85. The van der Waals surface area contributed by atoms with E-state index in [1.165, 1.54) is 26.6 Å². The van der Waals surface area contributed by atoms with Crippen molar-refractivity contribution in [3.05, 3.63) is 53.6 Å². The largest absolute Gasteiger partial charge is 0.369 e. The van der Waals surface area contributed by atoms with Crippen LogP contribution in [0.2, 0.25) is 0 Å². The standard InChI is InChI=1S/C16H15N3S.BrH/c1-10-6-7-15-12(8-10)19-13(9-18-16(19)17)11-4-2-3-5-14(11)20-15;/h2-8,13H,9H2,1H3,(H2,17,18);1H. The van der Waals surface area contributed by atoms with Gasteiger partial charge in [-0.15, -0.1) is 17.0 Å². The van der Waals surface area contributed by atoms with E-state index < -0.39 is 0 Å². The second-order valence-corrected chi connectivity index (χ2v) is 6.28. The molecule has 3 nitrogen and oxygen atoms in total. The van der Waals surface area contributed by atoms with Gasteiger partial charge >= 0.3 is 0 Å². The molecule has 108 valence electrons. The summed E-state index contributed by atoms with van der Waals surface area (Å²) in [6, 6.07) is 15.3. The number of nitrogens with zero attached hydrogens (tertiary/aromatic N) is 2. The molecule has 2 aliphatic heterocycles. The minimum absolute atomic E-state index is 0. The van der Waals surface area contributed by atoms with Crippen LogP contribution in [0.25, 0.3) is 0 Å². The fourth-order valence-corrected chi connectivity index (χ4v) is 4.00. The van der Waals surface area contributed by atoms with Gasteiger partial charge in [0.2, 0.25) is 0 Å². The number of hydrogen-bond acceptors (Lipinski definition) is 4. The SMILES string of the molecule is Br.Cc1ccc2c(c1)N1C(N)=NCC1c1ccccc1S2.